The average Bonchev–Trinajstić information content (AvgIpc) is 3.35. The normalized spacial score (nSPS) is 23.3. The molecule has 0 bridgehead atoms. The largest absolute Gasteiger partial charge is 0.344 e. The van der Waals surface area contributed by atoms with Gasteiger partial charge in [0.25, 0.3) is 0 Å². The number of nitrogens with zero attached hydrogens (tertiary/aromatic N) is 4. The van der Waals surface area contributed by atoms with E-state index in [0.717, 1.165) is 50.2 Å². The van der Waals surface area contributed by atoms with E-state index in [0.29, 0.717) is 11.2 Å². The van der Waals surface area contributed by atoms with Gasteiger partial charge in [0.1, 0.15) is 0 Å². The number of piperazine rings is 1. The number of amides is 2. The zero-order chi connectivity index (χ0) is 17.8. The van der Waals surface area contributed by atoms with Crippen LogP contribution in [-0.4, -0.2) is 70.9 Å². The van der Waals surface area contributed by atoms with Crippen molar-refractivity contribution < 1.29 is 4.79 Å². The van der Waals surface area contributed by atoms with Crippen LogP contribution in [0.3, 0.4) is 0 Å². The molecule has 26 heavy (non-hydrogen) atoms. The van der Waals surface area contributed by atoms with Crippen LogP contribution in [0.2, 0.25) is 0 Å². The van der Waals surface area contributed by atoms with Gasteiger partial charge < -0.3 is 10.2 Å². The van der Waals surface area contributed by atoms with Crippen LogP contribution < -0.4 is 15.5 Å². The van der Waals surface area contributed by atoms with Gasteiger partial charge in [-0.05, 0) is 37.2 Å². The summed E-state index contributed by atoms with van der Waals surface area (Å²) in [6.07, 6.45) is 7.23. The van der Waals surface area contributed by atoms with Gasteiger partial charge >= 0.3 is 6.03 Å². The van der Waals surface area contributed by atoms with E-state index in [4.69, 9.17) is 0 Å². The molecule has 1 aromatic rings. The van der Waals surface area contributed by atoms with Crippen molar-refractivity contribution in [3.8, 4) is 0 Å². The number of hydrogen-bond acceptors (Lipinski definition) is 7. The van der Waals surface area contributed by atoms with Crippen LogP contribution in [0, 0.1) is 0 Å². The molecule has 1 aromatic heterocycles. The van der Waals surface area contributed by atoms with Gasteiger partial charge in [-0.3, -0.25) is 10.2 Å². The average molecular weight is 397 g/mol. The Morgan fingerprint density at radius 3 is 2.46 bits per heavy atom. The Balaban J connectivity index is 1.25. The molecule has 0 aromatic carbocycles. The minimum atomic E-state index is -0.153. The summed E-state index contributed by atoms with van der Waals surface area (Å²) in [6, 6.07) is 0.928. The molecule has 3 fully saturated rings. The summed E-state index contributed by atoms with van der Waals surface area (Å²) < 4.78 is 0. The maximum atomic E-state index is 12.1. The van der Waals surface area contributed by atoms with Crippen LogP contribution in [0.4, 0.5) is 15.1 Å². The van der Waals surface area contributed by atoms with Crippen LogP contribution in [-0.2, 0) is 0 Å². The van der Waals surface area contributed by atoms with Gasteiger partial charge in [-0.15, -0.1) is 10.2 Å². The van der Waals surface area contributed by atoms with Crippen molar-refractivity contribution >= 4 is 39.4 Å². The number of rotatable bonds is 4. The first-order valence-corrected chi connectivity index (χ1v) is 11.7. The number of urea groups is 1. The highest BCUT2D eigenvalue weighted by Crippen LogP contribution is 2.27. The van der Waals surface area contributed by atoms with Crippen molar-refractivity contribution in [2.45, 2.75) is 50.6 Å². The molecule has 2 amide bonds. The second-order valence-electron chi connectivity index (χ2n) is 7.34. The van der Waals surface area contributed by atoms with Crippen LogP contribution in [0.25, 0.3) is 0 Å². The van der Waals surface area contributed by atoms with E-state index in [-0.39, 0.29) is 6.03 Å². The summed E-state index contributed by atoms with van der Waals surface area (Å²) in [5.74, 6) is 2.61. The van der Waals surface area contributed by atoms with Crippen LogP contribution in [0.15, 0.2) is 0 Å². The fraction of sp³-hybridized carbons (Fsp3) is 0.824. The first-order chi connectivity index (χ1) is 12.8. The Kier molecular flexibility index (Phi) is 6.16. The smallest absolute Gasteiger partial charge is 0.321 e. The molecule has 3 heterocycles. The lowest BCUT2D eigenvalue weighted by Crippen LogP contribution is -2.51. The second kappa shape index (κ2) is 8.75. The lowest BCUT2D eigenvalue weighted by atomic mass is 10.1. The predicted octanol–water partition coefficient (Wildman–Crippen LogP) is 2.62. The van der Waals surface area contributed by atoms with Crippen molar-refractivity contribution in [2.24, 2.45) is 0 Å². The molecular weight excluding hydrogens is 368 g/mol. The fourth-order valence-electron chi connectivity index (χ4n) is 4.11. The number of hydrogen-bond donors (Lipinski definition) is 2. The Labute approximate surface area is 163 Å². The van der Waals surface area contributed by atoms with Gasteiger partial charge in [0, 0.05) is 38.3 Å². The van der Waals surface area contributed by atoms with Crippen molar-refractivity contribution in [1.82, 2.24) is 20.4 Å². The van der Waals surface area contributed by atoms with Crippen LogP contribution >= 0.6 is 23.1 Å². The summed E-state index contributed by atoms with van der Waals surface area (Å²) in [4.78, 5) is 17.0. The van der Waals surface area contributed by atoms with E-state index in [1.54, 1.807) is 0 Å². The zero-order valence-corrected chi connectivity index (χ0v) is 16.8. The molecule has 1 saturated carbocycles. The third-order valence-electron chi connectivity index (χ3n) is 5.62. The maximum absolute atomic E-state index is 12.1. The third-order valence-corrected chi connectivity index (χ3v) is 7.57. The van der Waals surface area contributed by atoms with Crippen LogP contribution in [0.1, 0.15) is 38.5 Å². The van der Waals surface area contributed by atoms with Crippen LogP contribution in [0.5, 0.6) is 0 Å². The Hall–Kier alpha value is -1.06. The molecule has 0 radical (unpaired) electrons. The highest BCUT2D eigenvalue weighted by Gasteiger charge is 2.27. The molecule has 9 heteroatoms. The Bertz CT molecular complexity index is 592. The third kappa shape index (κ3) is 4.61. The summed E-state index contributed by atoms with van der Waals surface area (Å²) >= 11 is 3.56. The monoisotopic (exact) mass is 396 g/mol. The van der Waals surface area contributed by atoms with E-state index in [1.807, 2.05) is 0 Å². The highest BCUT2D eigenvalue weighted by atomic mass is 32.2. The molecule has 7 nitrogen and oxygen atoms in total. The lowest BCUT2D eigenvalue weighted by Gasteiger charge is -2.40. The van der Waals surface area contributed by atoms with Crippen molar-refractivity contribution in [1.29, 1.82) is 0 Å². The maximum Gasteiger partial charge on any atom is 0.321 e. The molecule has 3 aliphatic rings. The first-order valence-electron chi connectivity index (χ1n) is 9.76. The van der Waals surface area contributed by atoms with Gasteiger partial charge in [-0.2, -0.15) is 11.8 Å². The predicted molar refractivity (Wildman–Crippen MR) is 108 cm³/mol. The Morgan fingerprint density at radius 2 is 1.73 bits per heavy atom. The fourth-order valence-corrected chi connectivity index (χ4v) is 5.98. The topological polar surface area (TPSA) is 73.4 Å². The minimum absolute atomic E-state index is 0.153. The van der Waals surface area contributed by atoms with E-state index < -0.39 is 0 Å². The molecular formula is C17H28N6OS2. The summed E-state index contributed by atoms with van der Waals surface area (Å²) in [5.41, 5.74) is 0. The van der Waals surface area contributed by atoms with E-state index in [9.17, 15) is 4.79 Å². The van der Waals surface area contributed by atoms with Crippen molar-refractivity contribution in [3.05, 3.63) is 0 Å². The van der Waals surface area contributed by atoms with Gasteiger partial charge in [0.05, 0.1) is 0 Å². The lowest BCUT2D eigenvalue weighted by molar-refractivity contribution is 0.175. The minimum Gasteiger partial charge on any atom is -0.344 e. The standard InChI is InChI=1S/C17H28N6OS2/c24-15(18-13-3-1-2-4-13)19-16-20-21-17(26-16)23-9-7-22(8-10-23)14-5-11-25-12-6-14/h13-14H,1-12H2,(H2,18,19,20,24). The van der Waals surface area contributed by atoms with Crippen molar-refractivity contribution in [2.75, 3.05) is 47.9 Å². The molecule has 2 aliphatic heterocycles. The quantitative estimate of drug-likeness (QED) is 0.815. The summed E-state index contributed by atoms with van der Waals surface area (Å²) in [6.45, 7) is 4.18. The summed E-state index contributed by atoms with van der Waals surface area (Å²) in [7, 11) is 0. The molecule has 2 saturated heterocycles. The molecule has 144 valence electrons. The van der Waals surface area contributed by atoms with Gasteiger partial charge in [-0.25, -0.2) is 4.79 Å². The number of thioether (sulfide) groups is 1. The summed E-state index contributed by atoms with van der Waals surface area (Å²) in [5, 5.41) is 15.8. The molecule has 1 aliphatic carbocycles. The number of carbonyl (C=O) groups excluding carboxylic acids is 1. The van der Waals surface area contributed by atoms with Gasteiger partial charge in [0.15, 0.2) is 0 Å². The molecule has 0 unspecified atom stereocenters. The number of aromatic nitrogens is 2. The SMILES string of the molecule is O=C(Nc1nnc(N2CCN(C3CCSCC3)CC2)s1)NC1CCCC1. The van der Waals surface area contributed by atoms with Gasteiger partial charge in [-0.1, -0.05) is 24.2 Å². The second-order valence-corrected chi connectivity index (χ2v) is 9.52. The number of carbonyl (C=O) groups is 1. The molecule has 0 spiro atoms. The highest BCUT2D eigenvalue weighted by molar-refractivity contribution is 7.99. The van der Waals surface area contributed by atoms with Gasteiger partial charge in [0.2, 0.25) is 10.3 Å². The van der Waals surface area contributed by atoms with E-state index in [1.165, 1.54) is 48.5 Å². The molecule has 0 atom stereocenters. The molecule has 2 N–H and O–H groups in total. The first kappa shape index (κ1) is 18.3. The number of nitrogens with one attached hydrogen (secondary N) is 2. The number of anilines is 2. The Morgan fingerprint density at radius 1 is 1.00 bits per heavy atom. The van der Waals surface area contributed by atoms with Crippen molar-refractivity contribution in [3.63, 3.8) is 0 Å². The molecule has 4 rings (SSSR count). The van der Waals surface area contributed by atoms with E-state index in [2.05, 4.69) is 42.4 Å². The van der Waals surface area contributed by atoms with E-state index >= 15 is 0 Å². The zero-order valence-electron chi connectivity index (χ0n) is 15.2.